The molecule has 0 unspecified atom stereocenters. The van der Waals surface area contributed by atoms with Crippen LogP contribution in [0.5, 0.6) is 0 Å². The third-order valence-corrected chi connectivity index (χ3v) is 2.40. The maximum Gasteiger partial charge on any atom is 0.197 e. The van der Waals surface area contributed by atoms with Crippen molar-refractivity contribution in [1.82, 2.24) is 0 Å². The fourth-order valence-corrected chi connectivity index (χ4v) is 1.58. The summed E-state index contributed by atoms with van der Waals surface area (Å²) in [5.74, 6) is -1.14. The zero-order valence-electron chi connectivity index (χ0n) is 8.85. The van der Waals surface area contributed by atoms with E-state index in [4.69, 9.17) is 5.26 Å². The Morgan fingerprint density at radius 2 is 1.76 bits per heavy atom. The number of rotatable bonds is 2. The molecule has 82 valence electrons. The molecular formula is C14H8FNO. The van der Waals surface area contributed by atoms with Crippen molar-refractivity contribution >= 4 is 5.78 Å². The van der Waals surface area contributed by atoms with Crippen LogP contribution in [-0.2, 0) is 0 Å². The molecule has 0 fully saturated rings. The largest absolute Gasteiger partial charge is 0.288 e. The molecule has 0 amide bonds. The first-order chi connectivity index (χ1) is 8.24. The molecule has 17 heavy (non-hydrogen) atoms. The molecule has 2 rings (SSSR count). The van der Waals surface area contributed by atoms with Crippen molar-refractivity contribution in [1.29, 1.82) is 5.26 Å². The van der Waals surface area contributed by atoms with E-state index in [1.54, 1.807) is 30.3 Å². The van der Waals surface area contributed by atoms with Gasteiger partial charge in [-0.25, -0.2) is 4.39 Å². The first-order valence-electron chi connectivity index (χ1n) is 5.02. The van der Waals surface area contributed by atoms with Crippen molar-refractivity contribution in [2.45, 2.75) is 0 Å². The number of hydrogen-bond donors (Lipinski definition) is 0. The minimum absolute atomic E-state index is 0.0545. The van der Waals surface area contributed by atoms with E-state index in [0.717, 1.165) is 0 Å². The maximum absolute atomic E-state index is 13.6. The Kier molecular flexibility index (Phi) is 2.97. The molecule has 0 atom stereocenters. The lowest BCUT2D eigenvalue weighted by atomic mass is 9.98. The average Bonchev–Trinajstić information content (AvgIpc) is 2.38. The van der Waals surface area contributed by atoms with Gasteiger partial charge in [0, 0.05) is 5.56 Å². The van der Waals surface area contributed by atoms with Gasteiger partial charge in [0.25, 0.3) is 0 Å². The van der Waals surface area contributed by atoms with Crippen LogP contribution < -0.4 is 0 Å². The highest BCUT2D eigenvalue weighted by Crippen LogP contribution is 2.17. The van der Waals surface area contributed by atoms with Crippen molar-refractivity contribution in [3.63, 3.8) is 0 Å². The maximum atomic E-state index is 13.6. The Hall–Kier alpha value is -2.47. The monoisotopic (exact) mass is 225 g/mol. The lowest BCUT2D eigenvalue weighted by Crippen LogP contribution is -2.06. The van der Waals surface area contributed by atoms with Crippen LogP contribution >= 0.6 is 0 Å². The van der Waals surface area contributed by atoms with Crippen LogP contribution in [0.4, 0.5) is 4.39 Å². The Morgan fingerprint density at radius 1 is 1.06 bits per heavy atom. The number of nitriles is 1. The van der Waals surface area contributed by atoms with Gasteiger partial charge in [-0.2, -0.15) is 5.26 Å². The van der Waals surface area contributed by atoms with Crippen LogP contribution in [0.25, 0.3) is 0 Å². The highest BCUT2D eigenvalue weighted by molar-refractivity contribution is 6.10. The minimum atomic E-state index is -0.669. The van der Waals surface area contributed by atoms with Crippen LogP contribution in [0.1, 0.15) is 21.5 Å². The van der Waals surface area contributed by atoms with Gasteiger partial charge in [0.2, 0.25) is 0 Å². The van der Waals surface area contributed by atoms with Crippen molar-refractivity contribution < 1.29 is 9.18 Å². The summed E-state index contributed by atoms with van der Waals surface area (Å²) in [5.41, 5.74) is 0.258. The summed E-state index contributed by atoms with van der Waals surface area (Å²) in [4.78, 5) is 12.1. The molecule has 2 aromatic rings. The Bertz CT molecular complexity index is 599. The van der Waals surface area contributed by atoms with Gasteiger partial charge in [-0.3, -0.25) is 4.79 Å². The Morgan fingerprint density at radius 3 is 2.41 bits per heavy atom. The highest BCUT2D eigenvalue weighted by atomic mass is 19.1. The molecule has 0 saturated heterocycles. The smallest absolute Gasteiger partial charge is 0.197 e. The van der Waals surface area contributed by atoms with E-state index in [0.29, 0.717) is 5.56 Å². The molecule has 0 spiro atoms. The molecule has 0 radical (unpaired) electrons. The second-order valence-electron chi connectivity index (χ2n) is 3.47. The third-order valence-electron chi connectivity index (χ3n) is 2.40. The van der Waals surface area contributed by atoms with Crippen LogP contribution in [0.3, 0.4) is 0 Å². The summed E-state index contributed by atoms with van der Waals surface area (Å²) in [6, 6.07) is 14.2. The van der Waals surface area contributed by atoms with Gasteiger partial charge in [-0.1, -0.05) is 36.4 Å². The van der Waals surface area contributed by atoms with Gasteiger partial charge < -0.3 is 0 Å². The van der Waals surface area contributed by atoms with E-state index < -0.39 is 11.6 Å². The normalized spacial score (nSPS) is 9.65. The van der Waals surface area contributed by atoms with Gasteiger partial charge >= 0.3 is 0 Å². The van der Waals surface area contributed by atoms with E-state index in [1.165, 1.54) is 18.2 Å². The first-order valence-corrected chi connectivity index (χ1v) is 5.02. The standard InChI is InChI=1S/C14H8FNO/c15-12-8-4-7-11(9-16)13(12)14(17)10-5-2-1-3-6-10/h1-8H. The van der Waals surface area contributed by atoms with Gasteiger partial charge in [-0.05, 0) is 12.1 Å². The molecule has 0 saturated carbocycles. The lowest BCUT2D eigenvalue weighted by Gasteiger charge is -2.04. The van der Waals surface area contributed by atoms with Crippen LogP contribution in [-0.4, -0.2) is 5.78 Å². The van der Waals surface area contributed by atoms with Crippen molar-refractivity contribution in [3.05, 3.63) is 71.0 Å². The summed E-state index contributed by atoms with van der Waals surface area (Å²) < 4.78 is 13.6. The summed E-state index contributed by atoms with van der Waals surface area (Å²) in [5, 5.41) is 8.87. The van der Waals surface area contributed by atoms with Crippen molar-refractivity contribution in [2.24, 2.45) is 0 Å². The van der Waals surface area contributed by atoms with E-state index in [2.05, 4.69) is 0 Å². The molecule has 2 nitrogen and oxygen atoms in total. The number of nitrogens with zero attached hydrogens (tertiary/aromatic N) is 1. The number of benzene rings is 2. The van der Waals surface area contributed by atoms with Crippen molar-refractivity contribution in [2.75, 3.05) is 0 Å². The SMILES string of the molecule is N#Cc1cccc(F)c1C(=O)c1ccccc1. The van der Waals surface area contributed by atoms with Crippen LogP contribution in [0, 0.1) is 17.1 Å². The number of ketones is 1. The number of halogens is 1. The van der Waals surface area contributed by atoms with E-state index in [-0.39, 0.29) is 11.1 Å². The van der Waals surface area contributed by atoms with Crippen molar-refractivity contribution in [3.8, 4) is 6.07 Å². The molecular weight excluding hydrogens is 217 g/mol. The molecule has 0 N–H and O–H groups in total. The highest BCUT2D eigenvalue weighted by Gasteiger charge is 2.17. The molecule has 0 aromatic heterocycles. The second kappa shape index (κ2) is 4.58. The third kappa shape index (κ3) is 2.06. The predicted octanol–water partition coefficient (Wildman–Crippen LogP) is 2.93. The molecule has 0 bridgehead atoms. The number of hydrogen-bond acceptors (Lipinski definition) is 2. The molecule has 0 aliphatic rings. The minimum Gasteiger partial charge on any atom is -0.288 e. The Balaban J connectivity index is 2.56. The quantitative estimate of drug-likeness (QED) is 0.737. The zero-order valence-corrected chi connectivity index (χ0v) is 8.85. The first kappa shape index (κ1) is 11.0. The predicted molar refractivity (Wildman–Crippen MR) is 61.0 cm³/mol. The molecule has 0 heterocycles. The molecule has 0 aliphatic heterocycles. The van der Waals surface area contributed by atoms with Gasteiger partial charge in [0.05, 0.1) is 11.1 Å². The van der Waals surface area contributed by atoms with Crippen LogP contribution in [0.2, 0.25) is 0 Å². The van der Waals surface area contributed by atoms with Gasteiger partial charge in [0.1, 0.15) is 11.9 Å². The zero-order chi connectivity index (χ0) is 12.3. The van der Waals surface area contributed by atoms with Crippen LogP contribution in [0.15, 0.2) is 48.5 Å². The van der Waals surface area contributed by atoms with E-state index in [1.807, 2.05) is 6.07 Å². The average molecular weight is 225 g/mol. The number of carbonyl (C=O) groups excluding carboxylic acids is 1. The molecule has 3 heteroatoms. The van der Waals surface area contributed by atoms with E-state index in [9.17, 15) is 9.18 Å². The second-order valence-corrected chi connectivity index (χ2v) is 3.47. The summed E-state index contributed by atoms with van der Waals surface area (Å²) in [7, 11) is 0. The summed E-state index contributed by atoms with van der Waals surface area (Å²) in [6.07, 6.45) is 0. The molecule has 2 aromatic carbocycles. The topological polar surface area (TPSA) is 40.9 Å². The Labute approximate surface area is 97.9 Å². The van der Waals surface area contributed by atoms with Gasteiger partial charge in [-0.15, -0.1) is 0 Å². The lowest BCUT2D eigenvalue weighted by molar-refractivity contribution is 0.103. The van der Waals surface area contributed by atoms with Gasteiger partial charge in [0.15, 0.2) is 5.78 Å². The summed E-state index contributed by atoms with van der Waals surface area (Å²) >= 11 is 0. The molecule has 0 aliphatic carbocycles. The number of carbonyl (C=O) groups is 1. The fourth-order valence-electron chi connectivity index (χ4n) is 1.58. The fraction of sp³-hybridized carbons (Fsp3) is 0. The van der Waals surface area contributed by atoms with E-state index >= 15 is 0 Å². The summed E-state index contributed by atoms with van der Waals surface area (Å²) in [6.45, 7) is 0.